The summed E-state index contributed by atoms with van der Waals surface area (Å²) in [7, 11) is 1.89. The molecule has 1 atom stereocenters. The number of likely N-dealkylation sites (tertiary alicyclic amines) is 1. The Balaban J connectivity index is 1.42. The van der Waals surface area contributed by atoms with Gasteiger partial charge in [-0.1, -0.05) is 18.2 Å². The van der Waals surface area contributed by atoms with Crippen molar-refractivity contribution >= 4 is 11.8 Å². The monoisotopic (exact) mass is 394 g/mol. The SMILES string of the molecule is Cn1nc2c(c1C(=O)N1CCCC[C@@H]1CCNC(=O)c1ccccc1)CCCC2. The Hall–Kier alpha value is -2.63. The molecular formula is C23H30N4O2. The molecule has 29 heavy (non-hydrogen) atoms. The summed E-state index contributed by atoms with van der Waals surface area (Å²) >= 11 is 0. The lowest BCUT2D eigenvalue weighted by molar-refractivity contribution is 0.0589. The van der Waals surface area contributed by atoms with Crippen LogP contribution in [0.2, 0.25) is 0 Å². The van der Waals surface area contributed by atoms with Crippen molar-refractivity contribution < 1.29 is 9.59 Å². The number of amides is 2. The van der Waals surface area contributed by atoms with Gasteiger partial charge in [-0.05, 0) is 63.5 Å². The molecule has 1 aromatic heterocycles. The summed E-state index contributed by atoms with van der Waals surface area (Å²) in [6.07, 6.45) is 8.17. The van der Waals surface area contributed by atoms with Crippen LogP contribution in [0.4, 0.5) is 0 Å². The van der Waals surface area contributed by atoms with Crippen LogP contribution in [0.3, 0.4) is 0 Å². The lowest BCUT2D eigenvalue weighted by Crippen LogP contribution is -2.46. The minimum Gasteiger partial charge on any atom is -0.352 e. The van der Waals surface area contributed by atoms with Crippen molar-refractivity contribution in [3.8, 4) is 0 Å². The van der Waals surface area contributed by atoms with E-state index < -0.39 is 0 Å². The van der Waals surface area contributed by atoms with Gasteiger partial charge in [0, 0.05) is 37.3 Å². The van der Waals surface area contributed by atoms with E-state index in [0.29, 0.717) is 12.1 Å². The second-order valence-corrected chi connectivity index (χ2v) is 8.16. The zero-order valence-corrected chi connectivity index (χ0v) is 17.2. The van der Waals surface area contributed by atoms with Gasteiger partial charge in [0.2, 0.25) is 0 Å². The number of fused-ring (bicyclic) bond motifs is 1. The first-order valence-electron chi connectivity index (χ1n) is 10.8. The molecule has 0 unspecified atom stereocenters. The highest BCUT2D eigenvalue weighted by Gasteiger charge is 2.32. The van der Waals surface area contributed by atoms with E-state index in [1.165, 1.54) is 0 Å². The Bertz CT molecular complexity index is 875. The smallest absolute Gasteiger partial charge is 0.272 e. The molecule has 1 saturated heterocycles. The maximum absolute atomic E-state index is 13.5. The summed E-state index contributed by atoms with van der Waals surface area (Å²) in [5.74, 6) is 0.0576. The lowest BCUT2D eigenvalue weighted by Gasteiger charge is -2.36. The third-order valence-corrected chi connectivity index (χ3v) is 6.21. The number of hydrogen-bond acceptors (Lipinski definition) is 3. The minimum absolute atomic E-state index is 0.0556. The summed E-state index contributed by atoms with van der Waals surface area (Å²) < 4.78 is 1.79. The maximum atomic E-state index is 13.5. The minimum atomic E-state index is -0.0556. The van der Waals surface area contributed by atoms with Gasteiger partial charge in [-0.15, -0.1) is 0 Å². The molecular weight excluding hydrogens is 364 g/mol. The van der Waals surface area contributed by atoms with Crippen LogP contribution in [-0.2, 0) is 19.9 Å². The fourth-order valence-corrected chi connectivity index (χ4v) is 4.70. The van der Waals surface area contributed by atoms with Crippen molar-refractivity contribution in [2.24, 2.45) is 7.05 Å². The molecule has 2 heterocycles. The largest absolute Gasteiger partial charge is 0.352 e. The van der Waals surface area contributed by atoms with Gasteiger partial charge in [-0.2, -0.15) is 5.10 Å². The summed E-state index contributed by atoms with van der Waals surface area (Å²) in [6.45, 7) is 1.36. The van der Waals surface area contributed by atoms with Gasteiger partial charge in [0.05, 0.1) is 5.69 Å². The molecule has 6 nitrogen and oxygen atoms in total. The zero-order chi connectivity index (χ0) is 20.2. The molecule has 0 spiro atoms. The Morgan fingerprint density at radius 2 is 1.90 bits per heavy atom. The van der Waals surface area contributed by atoms with E-state index in [-0.39, 0.29) is 17.9 Å². The van der Waals surface area contributed by atoms with E-state index in [2.05, 4.69) is 10.4 Å². The second-order valence-electron chi connectivity index (χ2n) is 8.16. The van der Waals surface area contributed by atoms with Gasteiger partial charge in [0.1, 0.15) is 5.69 Å². The van der Waals surface area contributed by atoms with E-state index in [4.69, 9.17) is 0 Å². The Morgan fingerprint density at radius 3 is 2.72 bits per heavy atom. The average Bonchev–Trinajstić information content (AvgIpc) is 3.10. The first-order chi connectivity index (χ1) is 14.1. The van der Waals surface area contributed by atoms with Crippen molar-refractivity contribution in [1.82, 2.24) is 20.0 Å². The predicted molar refractivity (Wildman–Crippen MR) is 112 cm³/mol. The van der Waals surface area contributed by atoms with E-state index in [0.717, 1.165) is 74.9 Å². The molecule has 2 amide bonds. The topological polar surface area (TPSA) is 67.2 Å². The number of nitrogens with zero attached hydrogens (tertiary/aromatic N) is 3. The quantitative estimate of drug-likeness (QED) is 0.847. The molecule has 1 aromatic carbocycles. The molecule has 2 aromatic rings. The predicted octanol–water partition coefficient (Wildman–Crippen LogP) is 3.11. The molecule has 1 fully saturated rings. The average molecular weight is 395 g/mol. The molecule has 6 heteroatoms. The lowest BCUT2D eigenvalue weighted by atomic mass is 9.94. The summed E-state index contributed by atoms with van der Waals surface area (Å²) in [6, 6.07) is 9.44. The highest BCUT2D eigenvalue weighted by atomic mass is 16.2. The standard InChI is InChI=1S/C23H30N4O2/c1-26-21(19-12-5-6-13-20(19)25-26)23(29)27-16-8-7-11-18(27)14-15-24-22(28)17-9-3-2-4-10-17/h2-4,9-10,18H,5-8,11-16H2,1H3,(H,24,28)/t18-/m1/s1. The molecule has 1 aliphatic heterocycles. The van der Waals surface area contributed by atoms with Crippen molar-refractivity contribution in [3.63, 3.8) is 0 Å². The summed E-state index contributed by atoms with van der Waals surface area (Å²) in [5.41, 5.74) is 3.71. The third kappa shape index (κ3) is 4.21. The Morgan fingerprint density at radius 1 is 1.10 bits per heavy atom. The van der Waals surface area contributed by atoms with E-state index in [1.807, 2.05) is 42.3 Å². The van der Waals surface area contributed by atoms with Crippen LogP contribution in [0, 0.1) is 0 Å². The van der Waals surface area contributed by atoms with Crippen LogP contribution in [0.25, 0.3) is 0 Å². The molecule has 1 aliphatic carbocycles. The second kappa shape index (κ2) is 8.80. The van der Waals surface area contributed by atoms with Crippen molar-refractivity contribution in [2.45, 2.75) is 57.4 Å². The third-order valence-electron chi connectivity index (χ3n) is 6.21. The van der Waals surface area contributed by atoms with Gasteiger partial charge < -0.3 is 10.2 Å². The molecule has 1 N–H and O–H groups in total. The normalized spacial score (nSPS) is 18.9. The Kier molecular flexibility index (Phi) is 5.97. The van der Waals surface area contributed by atoms with Crippen molar-refractivity contribution in [1.29, 1.82) is 0 Å². The number of piperidine rings is 1. The van der Waals surface area contributed by atoms with Gasteiger partial charge in [0.15, 0.2) is 0 Å². The van der Waals surface area contributed by atoms with Gasteiger partial charge >= 0.3 is 0 Å². The van der Waals surface area contributed by atoms with Crippen molar-refractivity contribution in [2.75, 3.05) is 13.1 Å². The van der Waals surface area contributed by atoms with Gasteiger partial charge in [-0.25, -0.2) is 0 Å². The Labute approximate surface area is 172 Å². The maximum Gasteiger partial charge on any atom is 0.272 e. The van der Waals surface area contributed by atoms with E-state index in [1.54, 1.807) is 4.68 Å². The van der Waals surface area contributed by atoms with E-state index in [9.17, 15) is 9.59 Å². The summed E-state index contributed by atoms with van der Waals surface area (Å²) in [4.78, 5) is 27.8. The first kappa shape index (κ1) is 19.7. The van der Waals surface area contributed by atoms with Crippen LogP contribution in [-0.4, -0.2) is 45.6 Å². The number of nitrogens with one attached hydrogen (secondary N) is 1. The summed E-state index contributed by atoms with van der Waals surface area (Å²) in [5, 5.41) is 7.63. The first-order valence-corrected chi connectivity index (χ1v) is 10.8. The van der Waals surface area contributed by atoms with Crippen LogP contribution < -0.4 is 5.32 Å². The molecule has 0 bridgehead atoms. The highest BCUT2D eigenvalue weighted by Crippen LogP contribution is 2.27. The van der Waals surface area contributed by atoms with Crippen LogP contribution in [0.5, 0.6) is 0 Å². The number of aryl methyl sites for hydroxylation is 2. The van der Waals surface area contributed by atoms with E-state index >= 15 is 0 Å². The fourth-order valence-electron chi connectivity index (χ4n) is 4.70. The van der Waals surface area contributed by atoms with Gasteiger partial charge in [0.25, 0.3) is 11.8 Å². The molecule has 0 radical (unpaired) electrons. The highest BCUT2D eigenvalue weighted by molar-refractivity contribution is 5.95. The van der Waals surface area contributed by atoms with Crippen LogP contribution in [0.1, 0.15) is 70.6 Å². The van der Waals surface area contributed by atoms with Crippen LogP contribution in [0.15, 0.2) is 30.3 Å². The van der Waals surface area contributed by atoms with Gasteiger partial charge in [-0.3, -0.25) is 14.3 Å². The molecule has 4 rings (SSSR count). The number of carbonyl (C=O) groups excluding carboxylic acids is 2. The fraction of sp³-hybridized carbons (Fsp3) is 0.522. The molecule has 2 aliphatic rings. The van der Waals surface area contributed by atoms with Crippen LogP contribution >= 0.6 is 0 Å². The number of aromatic nitrogens is 2. The molecule has 154 valence electrons. The molecule has 0 saturated carbocycles. The number of carbonyl (C=O) groups is 2. The number of benzene rings is 1. The number of rotatable bonds is 5. The number of hydrogen-bond donors (Lipinski definition) is 1. The zero-order valence-electron chi connectivity index (χ0n) is 17.2. The van der Waals surface area contributed by atoms with Crippen molar-refractivity contribution in [3.05, 3.63) is 52.8 Å².